The molecule has 416 valence electrons. The molecule has 10 aliphatic rings. The number of nitrogens with zero attached hydrogens (tertiary/aromatic N) is 5. The summed E-state index contributed by atoms with van der Waals surface area (Å²) < 4.78 is 22.0. The molecule has 8 fully saturated rings. The Hall–Kier alpha value is -7.38. The van der Waals surface area contributed by atoms with E-state index in [0.29, 0.717) is 90.8 Å². The van der Waals surface area contributed by atoms with Crippen LogP contribution < -0.4 is 26.6 Å². The third-order valence-electron chi connectivity index (χ3n) is 15.9. The molecule has 77 heavy (non-hydrogen) atoms. The van der Waals surface area contributed by atoms with Crippen molar-refractivity contribution in [1.29, 1.82) is 0 Å². The quantitative estimate of drug-likeness (QED) is 0.221. The number of ether oxygens (including phenoxy) is 4. The number of anilines is 2. The number of morpholine rings is 2. The van der Waals surface area contributed by atoms with Crippen LogP contribution >= 0.6 is 0 Å². The molecule has 25 nitrogen and oxygen atoms in total. The number of carbonyl (C=O) groups excluding carboxylic acids is 9. The first-order chi connectivity index (χ1) is 36.0. The number of carbonyl (C=O) groups is 10. The lowest BCUT2D eigenvalue weighted by molar-refractivity contribution is -0.148. The molecular formula is C52H68N10O15. The van der Waals surface area contributed by atoms with Crippen molar-refractivity contribution < 1.29 is 72.0 Å². The molecule has 11 amide bonds. The van der Waals surface area contributed by atoms with Gasteiger partial charge in [0, 0.05) is 69.1 Å². The summed E-state index contributed by atoms with van der Waals surface area (Å²) in [5.74, 6) is -2.76. The van der Waals surface area contributed by atoms with E-state index in [1.807, 2.05) is 9.80 Å². The summed E-state index contributed by atoms with van der Waals surface area (Å²) in [6.45, 7) is 2.84. The van der Waals surface area contributed by atoms with Gasteiger partial charge in [-0.1, -0.05) is 27.0 Å². The molecule has 2 aliphatic carbocycles. The summed E-state index contributed by atoms with van der Waals surface area (Å²) in [5.41, 5.74) is 0.797. The second-order valence-electron chi connectivity index (χ2n) is 20.3. The van der Waals surface area contributed by atoms with E-state index in [9.17, 15) is 47.9 Å². The van der Waals surface area contributed by atoms with Gasteiger partial charge in [0.05, 0.1) is 43.5 Å². The Labute approximate surface area is 444 Å². The highest BCUT2D eigenvalue weighted by Gasteiger charge is 2.60. The van der Waals surface area contributed by atoms with Gasteiger partial charge in [0.15, 0.2) is 0 Å². The molecule has 8 saturated heterocycles. The molecule has 12 rings (SSSR count). The summed E-state index contributed by atoms with van der Waals surface area (Å²) in [6, 6.07) is 9.18. The number of nitrogens with one attached hydrogen (secondary N) is 5. The number of benzene rings is 2. The van der Waals surface area contributed by atoms with Crippen molar-refractivity contribution in [3.63, 3.8) is 0 Å². The number of aryl methyl sites for hydroxylation is 2. The standard InChI is InChI=1S/C25H29N5O7.C15H15N3O6.C10H16N2O2.2CH4/c1-26-23(34)27-15-4-5-18-14(9-15)6-7-25(18)22(33)30(24(35)37-25)12-20(31)28-8-2-3-19(28)21(32)29-11-17-10-16(29)13-36-17;1-16-13(22)17-9-2-3-10-8(6-9)4-5-15(10)12(21)18(7-11(19)20)14(23)24-15;13-10(9-2-1-3-11-9)12-5-8-4-7(12)6-14-8;;/h4-5,9,16-17,19H,2-3,6-8,10-13H2,1H3,(H2,26,27,34);2-3,6H,4-5,7H2,1H3,(H,19,20)(H2,16,17,22);7-9,11H,1-6H2;2*1H4/t16?,17?,19-,25+;15-;7?,8?,9-;;/m010../s1. The topological polar surface area (TPSA) is 304 Å². The lowest BCUT2D eigenvalue weighted by Gasteiger charge is -2.33. The average molecular weight is 1070 g/mol. The molecule has 2 aromatic rings. The Kier molecular flexibility index (Phi) is 16.2. The number of carboxylic acids is 1. The van der Waals surface area contributed by atoms with Gasteiger partial charge in [-0.2, -0.15) is 0 Å². The van der Waals surface area contributed by atoms with Crippen LogP contribution in [0.4, 0.5) is 30.6 Å². The van der Waals surface area contributed by atoms with Crippen molar-refractivity contribution in [2.24, 2.45) is 0 Å². The number of carboxylic acid groups (broad SMARTS) is 1. The van der Waals surface area contributed by atoms with Crippen molar-refractivity contribution >= 4 is 71.1 Å². The van der Waals surface area contributed by atoms with Gasteiger partial charge < -0.3 is 65.3 Å². The lowest BCUT2D eigenvalue weighted by atomic mass is 9.94. The highest BCUT2D eigenvalue weighted by Crippen LogP contribution is 2.47. The van der Waals surface area contributed by atoms with Gasteiger partial charge in [-0.25, -0.2) is 29.0 Å². The number of imide groups is 2. The number of fused-ring (bicyclic) bond motifs is 8. The van der Waals surface area contributed by atoms with E-state index in [1.54, 1.807) is 36.4 Å². The van der Waals surface area contributed by atoms with Crippen molar-refractivity contribution in [3.05, 3.63) is 58.7 Å². The molecule has 25 heteroatoms. The van der Waals surface area contributed by atoms with Crippen LogP contribution in [-0.2, 0) is 71.8 Å². The first-order valence-electron chi connectivity index (χ1n) is 25.5. The second-order valence-corrected chi connectivity index (χ2v) is 20.3. The zero-order valence-corrected chi connectivity index (χ0v) is 41.6. The van der Waals surface area contributed by atoms with Crippen LogP contribution in [0.25, 0.3) is 0 Å². The van der Waals surface area contributed by atoms with Crippen molar-refractivity contribution in [1.82, 2.24) is 40.4 Å². The minimum atomic E-state index is -1.48. The minimum absolute atomic E-state index is 0. The SMILES string of the molecule is C.C.CNC(=O)Nc1ccc2c(c1)CC[C@@]21OC(=O)N(CC(=O)N2CCC[C@H]2C(=O)N2CC3CC2CO3)C1=O.CNC(=O)Nc1ccc2c(c1)CC[C@@]21OC(=O)N(CC(=O)O)C1=O.O=C([C@@H]1CCCN1)N1CC2CC1CO2. The number of urea groups is 2. The minimum Gasteiger partial charge on any atom is -0.480 e. The van der Waals surface area contributed by atoms with Crippen molar-refractivity contribution in [3.8, 4) is 0 Å². The Bertz CT molecular complexity index is 2740. The number of hydrogen-bond acceptors (Lipinski definition) is 15. The molecule has 4 unspecified atom stereocenters. The third kappa shape index (κ3) is 10.3. The highest BCUT2D eigenvalue weighted by molar-refractivity contribution is 6.07. The fourth-order valence-corrected chi connectivity index (χ4v) is 12.2. The highest BCUT2D eigenvalue weighted by atomic mass is 16.6. The maximum atomic E-state index is 13.5. The average Bonchev–Trinajstić information content (AvgIpc) is 4.28. The van der Waals surface area contributed by atoms with Crippen LogP contribution in [0.3, 0.4) is 0 Å². The van der Waals surface area contributed by atoms with Crippen molar-refractivity contribution in [2.75, 3.05) is 77.2 Å². The van der Waals surface area contributed by atoms with Crippen LogP contribution in [0.1, 0.15) is 88.5 Å². The van der Waals surface area contributed by atoms with Crippen LogP contribution in [0.5, 0.6) is 0 Å². The molecule has 0 radical (unpaired) electrons. The van der Waals surface area contributed by atoms with Gasteiger partial charge in [0.25, 0.3) is 11.8 Å². The number of hydrogen-bond donors (Lipinski definition) is 6. The van der Waals surface area contributed by atoms with Gasteiger partial charge in [-0.15, -0.1) is 0 Å². The Morgan fingerprint density at radius 3 is 1.62 bits per heavy atom. The Morgan fingerprint density at radius 1 is 0.675 bits per heavy atom. The van der Waals surface area contributed by atoms with Crippen molar-refractivity contribution in [2.45, 2.75) is 127 Å². The van der Waals surface area contributed by atoms with E-state index in [2.05, 4.69) is 26.6 Å². The zero-order valence-electron chi connectivity index (χ0n) is 41.6. The van der Waals surface area contributed by atoms with Gasteiger partial charge in [0.2, 0.25) is 28.9 Å². The van der Waals surface area contributed by atoms with Crippen LogP contribution in [0, 0.1) is 0 Å². The van der Waals surface area contributed by atoms with E-state index in [0.717, 1.165) is 61.4 Å². The van der Waals surface area contributed by atoms with E-state index >= 15 is 0 Å². The Balaban J connectivity index is 0.000000167. The summed E-state index contributed by atoms with van der Waals surface area (Å²) >= 11 is 0. The normalized spacial score (nSPS) is 28.5. The molecule has 2 spiro atoms. The number of rotatable bonds is 8. The number of likely N-dealkylation sites (tertiary alicyclic amines) is 3. The Morgan fingerprint density at radius 2 is 1.18 bits per heavy atom. The molecule has 0 aromatic heterocycles. The predicted octanol–water partition coefficient (Wildman–Crippen LogP) is 2.20. The molecule has 8 heterocycles. The zero-order chi connectivity index (χ0) is 52.9. The summed E-state index contributed by atoms with van der Waals surface area (Å²) in [5, 5.41) is 22.3. The molecule has 6 N–H and O–H groups in total. The van der Waals surface area contributed by atoms with Crippen LogP contribution in [0.15, 0.2) is 36.4 Å². The lowest BCUT2D eigenvalue weighted by Crippen LogP contribution is -2.53. The van der Waals surface area contributed by atoms with E-state index < -0.39 is 66.2 Å². The predicted molar refractivity (Wildman–Crippen MR) is 272 cm³/mol. The molecule has 2 aromatic carbocycles. The largest absolute Gasteiger partial charge is 0.480 e. The second kappa shape index (κ2) is 22.3. The number of aliphatic carboxylic acids is 1. The summed E-state index contributed by atoms with van der Waals surface area (Å²) in [7, 11) is 3.00. The fourth-order valence-electron chi connectivity index (χ4n) is 12.2. The fraction of sp³-hybridized carbons (Fsp3) is 0.577. The van der Waals surface area contributed by atoms with Gasteiger partial charge in [-0.3, -0.25) is 28.8 Å². The molecular weight excluding hydrogens is 1000 g/mol. The molecule has 0 saturated carbocycles. The van der Waals surface area contributed by atoms with E-state index in [4.69, 9.17) is 24.1 Å². The van der Waals surface area contributed by atoms with Crippen LogP contribution in [-0.4, -0.2) is 192 Å². The monoisotopic (exact) mass is 1070 g/mol. The maximum absolute atomic E-state index is 13.5. The van der Waals surface area contributed by atoms with Gasteiger partial charge >= 0.3 is 30.2 Å². The number of amides is 11. The van der Waals surface area contributed by atoms with Gasteiger partial charge in [-0.05, 0) is 93.3 Å². The summed E-state index contributed by atoms with van der Waals surface area (Å²) in [6.07, 6.45) is 5.28. The van der Waals surface area contributed by atoms with E-state index in [-0.39, 0.29) is 63.9 Å². The van der Waals surface area contributed by atoms with E-state index in [1.165, 1.54) is 19.0 Å². The molecule has 8 atom stereocenters. The van der Waals surface area contributed by atoms with Crippen LogP contribution in [0.2, 0.25) is 0 Å². The maximum Gasteiger partial charge on any atom is 0.418 e. The first kappa shape index (κ1) is 55.8. The molecule has 8 aliphatic heterocycles. The summed E-state index contributed by atoms with van der Waals surface area (Å²) in [4.78, 5) is 130. The third-order valence-corrected chi connectivity index (χ3v) is 15.9. The first-order valence-corrected chi connectivity index (χ1v) is 25.5. The molecule has 4 bridgehead atoms. The smallest absolute Gasteiger partial charge is 0.418 e. The van der Waals surface area contributed by atoms with Gasteiger partial charge in [0.1, 0.15) is 19.1 Å².